The van der Waals surface area contributed by atoms with Crippen LogP contribution in [-0.2, 0) is 4.74 Å². The molecule has 6 heteroatoms. The number of carbonyl (C=O) groups is 1. The van der Waals surface area contributed by atoms with E-state index in [0.717, 1.165) is 16.3 Å². The lowest BCUT2D eigenvalue weighted by Gasteiger charge is -2.04. The Morgan fingerprint density at radius 1 is 1.16 bits per heavy atom. The molecule has 0 fully saturated rings. The summed E-state index contributed by atoms with van der Waals surface area (Å²) < 4.78 is 4.61. The van der Waals surface area contributed by atoms with Gasteiger partial charge in [0.15, 0.2) is 5.69 Å². The molecule has 0 aromatic carbocycles. The normalized spacial score (nSPS) is 10.3. The summed E-state index contributed by atoms with van der Waals surface area (Å²) in [6.45, 7) is 3.95. The van der Waals surface area contributed by atoms with E-state index in [4.69, 9.17) is 0 Å². The Morgan fingerprint density at radius 3 is 2.63 bits per heavy atom. The first-order valence-corrected chi connectivity index (χ1v) is 6.43. The van der Waals surface area contributed by atoms with Crippen LogP contribution in [0.4, 0.5) is 0 Å². The predicted molar refractivity (Wildman–Crippen MR) is 71.2 cm³/mol. The van der Waals surface area contributed by atoms with E-state index >= 15 is 0 Å². The number of aromatic nitrogens is 3. The highest BCUT2D eigenvalue weighted by Gasteiger charge is 2.10. The van der Waals surface area contributed by atoms with Crippen LogP contribution in [0.25, 0.3) is 0 Å². The lowest BCUT2D eigenvalue weighted by atomic mass is 10.3. The molecule has 2 heterocycles. The van der Waals surface area contributed by atoms with Crippen molar-refractivity contribution in [2.45, 2.75) is 23.9 Å². The molecule has 0 atom stereocenters. The number of hydrogen-bond acceptors (Lipinski definition) is 6. The number of carbonyl (C=O) groups excluding carboxylic acids is 1. The molecule has 0 saturated carbocycles. The standard InChI is InChI=1S/C13H13N3O2S/c1-8-4-9(2)15-11(5-8)19-12-7-14-6-10(16-12)13(17)18-3/h4-7H,1-3H3. The Hall–Kier alpha value is -1.95. The van der Waals surface area contributed by atoms with Crippen molar-refractivity contribution in [2.75, 3.05) is 7.11 Å². The molecule has 2 aromatic heterocycles. The number of pyridine rings is 1. The molecule has 2 aromatic rings. The van der Waals surface area contributed by atoms with E-state index in [-0.39, 0.29) is 5.69 Å². The van der Waals surface area contributed by atoms with Crippen LogP contribution in [0, 0.1) is 13.8 Å². The van der Waals surface area contributed by atoms with Gasteiger partial charge in [-0.25, -0.2) is 14.8 Å². The molecule has 5 nitrogen and oxygen atoms in total. The summed E-state index contributed by atoms with van der Waals surface area (Å²) in [4.78, 5) is 23.9. The van der Waals surface area contributed by atoms with E-state index in [0.29, 0.717) is 5.03 Å². The second-order valence-corrected chi connectivity index (χ2v) is 5.00. The average Bonchev–Trinajstić information content (AvgIpc) is 2.37. The monoisotopic (exact) mass is 275 g/mol. The Balaban J connectivity index is 2.25. The molecule has 0 aliphatic carbocycles. The molecular weight excluding hydrogens is 262 g/mol. The zero-order valence-corrected chi connectivity index (χ0v) is 11.7. The van der Waals surface area contributed by atoms with Crippen molar-refractivity contribution in [1.29, 1.82) is 0 Å². The highest BCUT2D eigenvalue weighted by Crippen LogP contribution is 2.24. The van der Waals surface area contributed by atoms with Gasteiger partial charge in [-0.1, -0.05) is 0 Å². The number of ether oxygens (including phenoxy) is 1. The van der Waals surface area contributed by atoms with E-state index in [1.54, 1.807) is 6.20 Å². The molecule has 0 saturated heterocycles. The van der Waals surface area contributed by atoms with Gasteiger partial charge in [0.05, 0.1) is 19.5 Å². The van der Waals surface area contributed by atoms with E-state index < -0.39 is 5.97 Å². The zero-order chi connectivity index (χ0) is 13.8. The Kier molecular flexibility index (Phi) is 4.11. The first kappa shape index (κ1) is 13.5. The second-order valence-electron chi connectivity index (χ2n) is 3.96. The fourth-order valence-corrected chi connectivity index (χ4v) is 2.47. The molecule has 0 N–H and O–H groups in total. The molecule has 0 spiro atoms. The molecule has 0 radical (unpaired) electrons. The van der Waals surface area contributed by atoms with Gasteiger partial charge in [-0.15, -0.1) is 0 Å². The summed E-state index contributed by atoms with van der Waals surface area (Å²) in [5.41, 5.74) is 2.27. The third-order valence-corrected chi connectivity index (χ3v) is 3.11. The van der Waals surface area contributed by atoms with Gasteiger partial charge < -0.3 is 4.74 Å². The van der Waals surface area contributed by atoms with Crippen molar-refractivity contribution >= 4 is 17.7 Å². The Labute approximate surface area is 115 Å². The minimum absolute atomic E-state index is 0.192. The summed E-state index contributed by atoms with van der Waals surface area (Å²) in [6.07, 6.45) is 2.97. The van der Waals surface area contributed by atoms with Gasteiger partial charge >= 0.3 is 5.97 Å². The molecule has 0 aliphatic rings. The number of rotatable bonds is 3. The van der Waals surface area contributed by atoms with Gasteiger partial charge in [-0.3, -0.25) is 4.98 Å². The smallest absolute Gasteiger partial charge is 0.358 e. The molecular formula is C13H13N3O2S. The Bertz CT molecular complexity index is 596. The van der Waals surface area contributed by atoms with Crippen LogP contribution >= 0.6 is 11.8 Å². The van der Waals surface area contributed by atoms with Crippen LogP contribution in [0.5, 0.6) is 0 Å². The topological polar surface area (TPSA) is 65.0 Å². The maximum Gasteiger partial charge on any atom is 0.358 e. The van der Waals surface area contributed by atoms with Crippen LogP contribution in [0.1, 0.15) is 21.7 Å². The third-order valence-electron chi connectivity index (χ3n) is 2.29. The largest absolute Gasteiger partial charge is 0.464 e. The van der Waals surface area contributed by atoms with Crippen molar-refractivity contribution in [1.82, 2.24) is 15.0 Å². The highest BCUT2D eigenvalue weighted by atomic mass is 32.2. The molecule has 0 aliphatic heterocycles. The van der Waals surface area contributed by atoms with Crippen molar-refractivity contribution in [2.24, 2.45) is 0 Å². The van der Waals surface area contributed by atoms with Crippen LogP contribution in [0.2, 0.25) is 0 Å². The second kappa shape index (κ2) is 5.79. The van der Waals surface area contributed by atoms with Crippen molar-refractivity contribution < 1.29 is 9.53 Å². The highest BCUT2D eigenvalue weighted by molar-refractivity contribution is 7.99. The van der Waals surface area contributed by atoms with Gasteiger partial charge in [0.1, 0.15) is 10.1 Å². The quantitative estimate of drug-likeness (QED) is 0.802. The fourth-order valence-electron chi connectivity index (χ4n) is 1.56. The molecule has 98 valence electrons. The number of hydrogen-bond donors (Lipinski definition) is 0. The first-order valence-electron chi connectivity index (χ1n) is 5.62. The van der Waals surface area contributed by atoms with Gasteiger partial charge in [0.25, 0.3) is 0 Å². The van der Waals surface area contributed by atoms with Crippen LogP contribution < -0.4 is 0 Å². The summed E-state index contributed by atoms with van der Waals surface area (Å²) >= 11 is 1.37. The van der Waals surface area contributed by atoms with Gasteiger partial charge in [-0.2, -0.15) is 0 Å². The average molecular weight is 275 g/mol. The minimum Gasteiger partial charge on any atom is -0.464 e. The van der Waals surface area contributed by atoms with E-state index in [1.165, 1.54) is 25.1 Å². The van der Waals surface area contributed by atoms with Crippen LogP contribution in [0.3, 0.4) is 0 Å². The molecule has 0 unspecified atom stereocenters. The maximum atomic E-state index is 11.4. The molecule has 0 bridgehead atoms. The van der Waals surface area contributed by atoms with Gasteiger partial charge in [-0.05, 0) is 43.3 Å². The number of nitrogens with zero attached hydrogens (tertiary/aromatic N) is 3. The van der Waals surface area contributed by atoms with E-state index in [1.807, 2.05) is 26.0 Å². The van der Waals surface area contributed by atoms with Crippen molar-refractivity contribution in [3.63, 3.8) is 0 Å². The minimum atomic E-state index is -0.497. The fraction of sp³-hybridized carbons (Fsp3) is 0.231. The summed E-state index contributed by atoms with van der Waals surface area (Å²) in [5, 5.41) is 1.44. The van der Waals surface area contributed by atoms with Crippen LogP contribution in [0.15, 0.2) is 34.6 Å². The molecule has 0 amide bonds. The summed E-state index contributed by atoms with van der Waals surface area (Å²) in [7, 11) is 1.31. The summed E-state index contributed by atoms with van der Waals surface area (Å²) in [5.74, 6) is -0.497. The van der Waals surface area contributed by atoms with Crippen molar-refractivity contribution in [3.8, 4) is 0 Å². The lowest BCUT2D eigenvalue weighted by Crippen LogP contribution is -2.05. The van der Waals surface area contributed by atoms with Gasteiger partial charge in [0, 0.05) is 5.69 Å². The third kappa shape index (κ3) is 3.51. The number of aryl methyl sites for hydroxylation is 2. The van der Waals surface area contributed by atoms with E-state index in [9.17, 15) is 4.79 Å². The molecule has 2 rings (SSSR count). The lowest BCUT2D eigenvalue weighted by molar-refractivity contribution is 0.0592. The van der Waals surface area contributed by atoms with Gasteiger partial charge in [0.2, 0.25) is 0 Å². The maximum absolute atomic E-state index is 11.4. The Morgan fingerprint density at radius 2 is 1.95 bits per heavy atom. The van der Waals surface area contributed by atoms with Crippen LogP contribution in [-0.4, -0.2) is 28.0 Å². The first-order chi connectivity index (χ1) is 9.08. The molecule has 19 heavy (non-hydrogen) atoms. The number of methoxy groups -OCH3 is 1. The van der Waals surface area contributed by atoms with E-state index in [2.05, 4.69) is 19.7 Å². The SMILES string of the molecule is COC(=O)c1cncc(Sc2cc(C)cc(C)n2)n1. The number of esters is 1. The summed E-state index contributed by atoms with van der Waals surface area (Å²) in [6, 6.07) is 3.96. The zero-order valence-electron chi connectivity index (χ0n) is 10.9. The van der Waals surface area contributed by atoms with Crippen molar-refractivity contribution in [3.05, 3.63) is 41.5 Å². The predicted octanol–water partition coefficient (Wildman–Crippen LogP) is 2.43.